The molecule has 2 amide bonds. The minimum absolute atomic E-state index is 0.0389. The van der Waals surface area contributed by atoms with E-state index in [0.717, 1.165) is 34.0 Å². The third-order valence-electron chi connectivity index (χ3n) is 5.54. The van der Waals surface area contributed by atoms with Crippen molar-refractivity contribution in [2.45, 2.75) is 27.7 Å². The van der Waals surface area contributed by atoms with Gasteiger partial charge in [-0.25, -0.2) is 0 Å². The highest BCUT2D eigenvalue weighted by Gasteiger charge is 2.34. The number of nitrogens with zero attached hydrogens (tertiary/aromatic N) is 2. The van der Waals surface area contributed by atoms with Crippen LogP contribution in [0.15, 0.2) is 60.2 Å². The lowest BCUT2D eigenvalue weighted by atomic mass is 10.1. The lowest BCUT2D eigenvalue weighted by Gasteiger charge is -2.29. The number of rotatable bonds is 5. The molecule has 0 radical (unpaired) electrons. The number of hydrogen-bond donors (Lipinski definition) is 1. The molecule has 1 aromatic heterocycles. The molecule has 0 atom stereocenters. The Labute approximate surface area is 198 Å². The summed E-state index contributed by atoms with van der Waals surface area (Å²) in [4.78, 5) is 27.4. The maximum Gasteiger partial charge on any atom is 0.270 e. The molecular formula is C26H25N3O3S. The first-order chi connectivity index (χ1) is 15.8. The third kappa shape index (κ3) is 4.32. The summed E-state index contributed by atoms with van der Waals surface area (Å²) in [5, 5.41) is 2.72. The van der Waals surface area contributed by atoms with Crippen LogP contribution < -0.4 is 15.0 Å². The molecule has 168 valence electrons. The zero-order chi connectivity index (χ0) is 23.7. The molecule has 1 aliphatic heterocycles. The van der Waals surface area contributed by atoms with Crippen molar-refractivity contribution in [3.63, 3.8) is 0 Å². The first-order valence-corrected chi connectivity index (χ1v) is 11.1. The van der Waals surface area contributed by atoms with E-state index in [2.05, 4.69) is 9.88 Å². The van der Waals surface area contributed by atoms with Gasteiger partial charge in [-0.3, -0.25) is 19.8 Å². The van der Waals surface area contributed by atoms with E-state index in [1.165, 1.54) is 4.90 Å². The fraction of sp³-hybridized carbons (Fsp3) is 0.192. The van der Waals surface area contributed by atoms with Gasteiger partial charge in [-0.15, -0.1) is 0 Å². The largest absolute Gasteiger partial charge is 0.494 e. The van der Waals surface area contributed by atoms with Crippen molar-refractivity contribution < 1.29 is 14.3 Å². The summed E-state index contributed by atoms with van der Waals surface area (Å²) >= 11 is 5.30. The Hall–Kier alpha value is -3.71. The van der Waals surface area contributed by atoms with Crippen molar-refractivity contribution in [2.24, 2.45) is 0 Å². The Kier molecular flexibility index (Phi) is 6.16. The number of anilines is 1. The second kappa shape index (κ2) is 9.03. The number of amides is 2. The molecule has 6 nitrogen and oxygen atoms in total. The second-order valence-electron chi connectivity index (χ2n) is 7.89. The van der Waals surface area contributed by atoms with Crippen LogP contribution in [0.3, 0.4) is 0 Å². The van der Waals surface area contributed by atoms with Crippen LogP contribution in [0.25, 0.3) is 11.8 Å². The molecule has 1 fully saturated rings. The van der Waals surface area contributed by atoms with Crippen LogP contribution in [-0.4, -0.2) is 28.1 Å². The normalized spacial score (nSPS) is 15.2. The molecule has 0 spiro atoms. The van der Waals surface area contributed by atoms with Gasteiger partial charge < -0.3 is 9.30 Å². The van der Waals surface area contributed by atoms with Crippen molar-refractivity contribution in [1.29, 1.82) is 0 Å². The molecule has 2 heterocycles. The first kappa shape index (κ1) is 22.5. The maximum absolute atomic E-state index is 13.3. The average molecular weight is 460 g/mol. The molecule has 0 aliphatic carbocycles. The molecule has 3 aromatic rings. The highest BCUT2D eigenvalue weighted by molar-refractivity contribution is 7.80. The molecule has 7 heteroatoms. The number of hydrogen-bond acceptors (Lipinski definition) is 4. The Balaban J connectivity index is 1.72. The van der Waals surface area contributed by atoms with Crippen LogP contribution in [0.5, 0.6) is 5.75 Å². The van der Waals surface area contributed by atoms with E-state index in [4.69, 9.17) is 17.0 Å². The molecule has 4 rings (SSSR count). The lowest BCUT2D eigenvalue weighted by Crippen LogP contribution is -2.54. The van der Waals surface area contributed by atoms with Gasteiger partial charge in [0, 0.05) is 17.1 Å². The number of ether oxygens (including phenoxy) is 1. The van der Waals surface area contributed by atoms with Gasteiger partial charge in [0.25, 0.3) is 11.8 Å². The lowest BCUT2D eigenvalue weighted by molar-refractivity contribution is -0.122. The van der Waals surface area contributed by atoms with Crippen molar-refractivity contribution in [3.8, 4) is 11.4 Å². The number of nitrogens with one attached hydrogen (secondary N) is 1. The molecule has 0 unspecified atom stereocenters. The summed E-state index contributed by atoms with van der Waals surface area (Å²) < 4.78 is 7.61. The summed E-state index contributed by atoms with van der Waals surface area (Å²) in [5.41, 5.74) is 5.31. The van der Waals surface area contributed by atoms with Crippen molar-refractivity contribution in [1.82, 2.24) is 9.88 Å². The van der Waals surface area contributed by atoms with Gasteiger partial charge in [0.05, 0.1) is 12.3 Å². The van der Waals surface area contributed by atoms with E-state index >= 15 is 0 Å². The number of carbonyl (C=O) groups excluding carboxylic acids is 2. The summed E-state index contributed by atoms with van der Waals surface area (Å²) in [7, 11) is 0. The minimum atomic E-state index is -0.500. The summed E-state index contributed by atoms with van der Waals surface area (Å²) in [6.45, 7) is 8.44. The molecule has 1 saturated heterocycles. The van der Waals surface area contributed by atoms with Crippen LogP contribution in [0, 0.1) is 20.8 Å². The summed E-state index contributed by atoms with van der Waals surface area (Å²) in [5.74, 6) is -0.136. The smallest absolute Gasteiger partial charge is 0.270 e. The van der Waals surface area contributed by atoms with Gasteiger partial charge in [0.2, 0.25) is 0 Å². The Morgan fingerprint density at radius 1 is 1.00 bits per heavy atom. The van der Waals surface area contributed by atoms with Crippen molar-refractivity contribution in [2.75, 3.05) is 11.5 Å². The number of benzene rings is 2. The topological polar surface area (TPSA) is 63.6 Å². The van der Waals surface area contributed by atoms with Gasteiger partial charge in [-0.05, 0) is 99.6 Å². The van der Waals surface area contributed by atoms with Crippen LogP contribution in [0.1, 0.15) is 29.4 Å². The summed E-state index contributed by atoms with van der Waals surface area (Å²) in [6.07, 6.45) is 1.63. The highest BCUT2D eigenvalue weighted by Crippen LogP contribution is 2.27. The summed E-state index contributed by atoms with van der Waals surface area (Å²) in [6, 6.07) is 17.2. The fourth-order valence-electron chi connectivity index (χ4n) is 4.00. The average Bonchev–Trinajstić information content (AvgIpc) is 3.05. The van der Waals surface area contributed by atoms with Crippen LogP contribution in [0.2, 0.25) is 0 Å². The predicted octanol–water partition coefficient (Wildman–Crippen LogP) is 4.63. The molecule has 1 N–H and O–H groups in total. The van der Waals surface area contributed by atoms with Gasteiger partial charge in [0.15, 0.2) is 5.11 Å². The van der Waals surface area contributed by atoms with Crippen molar-refractivity contribution >= 4 is 40.9 Å². The molecule has 33 heavy (non-hydrogen) atoms. The number of carbonyl (C=O) groups is 2. The van der Waals surface area contributed by atoms with Gasteiger partial charge in [0.1, 0.15) is 11.3 Å². The van der Waals surface area contributed by atoms with Gasteiger partial charge in [-0.1, -0.05) is 12.1 Å². The second-order valence-corrected chi connectivity index (χ2v) is 8.27. The van der Waals surface area contributed by atoms with E-state index in [1.807, 2.05) is 76.2 Å². The number of thiocarbonyl (C=S) groups is 1. The molecular weight excluding hydrogens is 434 g/mol. The first-order valence-electron chi connectivity index (χ1n) is 10.7. The van der Waals surface area contributed by atoms with E-state index in [-0.39, 0.29) is 10.7 Å². The Morgan fingerprint density at radius 2 is 1.73 bits per heavy atom. The monoisotopic (exact) mass is 459 g/mol. The van der Waals surface area contributed by atoms with E-state index in [9.17, 15) is 9.59 Å². The van der Waals surface area contributed by atoms with E-state index in [0.29, 0.717) is 12.3 Å². The molecule has 0 saturated carbocycles. The van der Waals surface area contributed by atoms with Crippen molar-refractivity contribution in [3.05, 3.63) is 82.7 Å². The standard InChI is InChI=1S/C26H25N3O3S/c1-5-32-22-11-9-20(10-12-22)28-17(3)14-19(18(28)4)15-23-24(30)27-26(33)29(25(23)31)21-8-6-7-16(2)13-21/h6-15H,5H2,1-4H3,(H,27,30,33)/b23-15+. The fourth-order valence-corrected chi connectivity index (χ4v) is 4.28. The minimum Gasteiger partial charge on any atom is -0.494 e. The van der Waals surface area contributed by atoms with E-state index < -0.39 is 11.8 Å². The van der Waals surface area contributed by atoms with Crippen LogP contribution in [-0.2, 0) is 9.59 Å². The zero-order valence-electron chi connectivity index (χ0n) is 19.0. The van der Waals surface area contributed by atoms with E-state index in [1.54, 1.807) is 12.1 Å². The SMILES string of the molecule is CCOc1ccc(-n2c(C)cc(/C=C3\C(=O)NC(=S)N(c4cccc(C)c4)C3=O)c2C)cc1. The quantitative estimate of drug-likeness (QED) is 0.343. The zero-order valence-corrected chi connectivity index (χ0v) is 19.8. The van der Waals surface area contributed by atoms with Gasteiger partial charge in [-0.2, -0.15) is 0 Å². The number of aryl methyl sites for hydroxylation is 2. The molecule has 1 aliphatic rings. The Morgan fingerprint density at radius 3 is 2.39 bits per heavy atom. The Bertz CT molecular complexity index is 1290. The van der Waals surface area contributed by atoms with Crippen LogP contribution >= 0.6 is 12.2 Å². The highest BCUT2D eigenvalue weighted by atomic mass is 32.1. The third-order valence-corrected chi connectivity index (χ3v) is 5.82. The maximum atomic E-state index is 13.3. The molecule has 2 aromatic carbocycles. The predicted molar refractivity (Wildman–Crippen MR) is 134 cm³/mol. The van der Waals surface area contributed by atoms with Gasteiger partial charge >= 0.3 is 0 Å². The van der Waals surface area contributed by atoms with Crippen LogP contribution in [0.4, 0.5) is 5.69 Å². The molecule has 0 bridgehead atoms. The number of aromatic nitrogens is 1.